The predicted octanol–water partition coefficient (Wildman–Crippen LogP) is 5.57. The summed E-state index contributed by atoms with van der Waals surface area (Å²) in [6.45, 7) is 8.63. The van der Waals surface area contributed by atoms with E-state index in [0.717, 1.165) is 11.4 Å². The number of carboxylic acid groups (broad SMARTS) is 1. The normalized spacial score (nSPS) is 11.6. The van der Waals surface area contributed by atoms with E-state index in [9.17, 15) is 9.90 Å². The molecule has 172 valence electrons. The molecule has 2 heterocycles. The van der Waals surface area contributed by atoms with Crippen LogP contribution in [0, 0.1) is 0 Å². The Labute approximate surface area is 197 Å². The van der Waals surface area contributed by atoms with Crippen LogP contribution >= 0.6 is 23.2 Å². The Bertz CT molecular complexity index is 1050. The lowest BCUT2D eigenvalue weighted by Gasteiger charge is -2.33. The van der Waals surface area contributed by atoms with Crippen LogP contribution in [0.2, 0.25) is 10.0 Å². The van der Waals surface area contributed by atoms with Crippen molar-refractivity contribution in [1.29, 1.82) is 0 Å². The highest BCUT2D eigenvalue weighted by Crippen LogP contribution is 2.33. The molecule has 0 saturated heterocycles. The van der Waals surface area contributed by atoms with Crippen LogP contribution in [-0.2, 0) is 19.5 Å². The highest BCUT2D eigenvalue weighted by molar-refractivity contribution is 6.34. The van der Waals surface area contributed by atoms with Crippen LogP contribution in [0.1, 0.15) is 39.1 Å². The van der Waals surface area contributed by atoms with Crippen molar-refractivity contribution in [3.05, 3.63) is 58.1 Å². The van der Waals surface area contributed by atoms with Crippen molar-refractivity contribution < 1.29 is 14.6 Å². The molecule has 0 saturated carbocycles. The van der Waals surface area contributed by atoms with Gasteiger partial charge >= 0.3 is 6.09 Å². The zero-order valence-corrected chi connectivity index (χ0v) is 20.1. The summed E-state index contributed by atoms with van der Waals surface area (Å²) in [4.78, 5) is 13.2. The Morgan fingerprint density at radius 2 is 1.91 bits per heavy atom. The van der Waals surface area contributed by atoms with E-state index >= 15 is 0 Å². The molecule has 0 aliphatic rings. The average molecular weight is 480 g/mol. The van der Waals surface area contributed by atoms with Crippen molar-refractivity contribution in [2.24, 2.45) is 0 Å². The van der Waals surface area contributed by atoms with Gasteiger partial charge in [-0.3, -0.25) is 9.36 Å². The van der Waals surface area contributed by atoms with Gasteiger partial charge in [-0.15, -0.1) is 0 Å². The lowest BCUT2D eigenvalue weighted by Crippen LogP contribution is -2.46. The largest absolute Gasteiger partial charge is 0.465 e. The van der Waals surface area contributed by atoms with Crippen molar-refractivity contribution >= 4 is 29.3 Å². The number of amides is 1. The third kappa shape index (κ3) is 5.75. The van der Waals surface area contributed by atoms with E-state index in [4.69, 9.17) is 33.0 Å². The van der Waals surface area contributed by atoms with Crippen LogP contribution in [-0.4, -0.2) is 47.7 Å². The highest BCUT2D eigenvalue weighted by atomic mass is 35.5. The first-order chi connectivity index (χ1) is 15.1. The summed E-state index contributed by atoms with van der Waals surface area (Å²) in [6, 6.07) is 6.85. The summed E-state index contributed by atoms with van der Waals surface area (Å²) in [5.74, 6) is 1.10. The average Bonchev–Trinajstić information content (AvgIpc) is 3.29. The summed E-state index contributed by atoms with van der Waals surface area (Å²) in [7, 11) is 0. The van der Waals surface area contributed by atoms with Gasteiger partial charge in [0.25, 0.3) is 0 Å². The van der Waals surface area contributed by atoms with E-state index in [-0.39, 0.29) is 6.54 Å². The predicted molar refractivity (Wildman–Crippen MR) is 124 cm³/mol. The van der Waals surface area contributed by atoms with Crippen molar-refractivity contribution in [2.45, 2.75) is 52.7 Å². The fourth-order valence-corrected chi connectivity index (χ4v) is 3.89. The molecule has 3 aromatic rings. The Kier molecular flexibility index (Phi) is 7.36. The minimum Gasteiger partial charge on any atom is -0.465 e. The van der Waals surface area contributed by atoms with E-state index in [0.29, 0.717) is 41.1 Å². The molecule has 3 rings (SSSR count). The molecule has 1 aromatic carbocycles. The summed E-state index contributed by atoms with van der Waals surface area (Å²) < 4.78 is 9.78. The summed E-state index contributed by atoms with van der Waals surface area (Å²) in [5.41, 5.74) is 0.993. The van der Waals surface area contributed by atoms with Gasteiger partial charge in [0.15, 0.2) is 5.75 Å². The second-order valence-electron chi connectivity index (χ2n) is 8.32. The van der Waals surface area contributed by atoms with Gasteiger partial charge in [-0.05, 0) is 51.5 Å². The van der Waals surface area contributed by atoms with Gasteiger partial charge in [-0.25, -0.2) is 4.79 Å². The fraction of sp³-hybridized carbons (Fsp3) is 0.409. The number of hydrogen-bond donors (Lipinski definition) is 1. The minimum atomic E-state index is -0.973. The fourth-order valence-electron chi connectivity index (χ4n) is 3.39. The number of hydrogen-bond acceptors (Lipinski definition) is 4. The molecular formula is C22H27Cl2N5O3. The Morgan fingerprint density at radius 1 is 1.22 bits per heavy atom. The van der Waals surface area contributed by atoms with Gasteiger partial charge in [0.1, 0.15) is 17.1 Å². The van der Waals surface area contributed by atoms with Gasteiger partial charge in [0.2, 0.25) is 0 Å². The van der Waals surface area contributed by atoms with Gasteiger partial charge < -0.3 is 14.7 Å². The van der Waals surface area contributed by atoms with Crippen LogP contribution < -0.4 is 4.74 Å². The van der Waals surface area contributed by atoms with E-state index in [1.165, 1.54) is 4.90 Å². The van der Waals surface area contributed by atoms with E-state index in [2.05, 4.69) is 5.10 Å². The van der Waals surface area contributed by atoms with E-state index in [1.54, 1.807) is 33.8 Å². The molecule has 0 atom stereocenters. The second-order valence-corrected chi connectivity index (χ2v) is 9.19. The van der Waals surface area contributed by atoms with E-state index in [1.807, 2.05) is 40.0 Å². The Morgan fingerprint density at radius 3 is 2.44 bits per heavy atom. The van der Waals surface area contributed by atoms with Crippen LogP contribution in [0.5, 0.6) is 11.5 Å². The maximum atomic E-state index is 11.8. The molecule has 8 nitrogen and oxygen atoms in total. The smallest absolute Gasteiger partial charge is 0.407 e. The number of benzene rings is 1. The molecule has 0 spiro atoms. The zero-order valence-electron chi connectivity index (χ0n) is 18.5. The first-order valence-corrected chi connectivity index (χ1v) is 11.0. The van der Waals surface area contributed by atoms with Crippen LogP contribution in [0.25, 0.3) is 0 Å². The maximum Gasteiger partial charge on any atom is 0.407 e. The molecule has 0 bridgehead atoms. The number of halogens is 2. The number of nitrogens with zero attached hydrogens (tertiary/aromatic N) is 5. The monoisotopic (exact) mass is 479 g/mol. The summed E-state index contributed by atoms with van der Waals surface area (Å²) in [5, 5.41) is 19.6. The van der Waals surface area contributed by atoms with Gasteiger partial charge in [-0.1, -0.05) is 30.1 Å². The van der Waals surface area contributed by atoms with Gasteiger partial charge in [-0.2, -0.15) is 10.2 Å². The number of aryl methyl sites for hydroxylation is 1. The maximum absolute atomic E-state index is 11.8. The summed E-state index contributed by atoms with van der Waals surface area (Å²) >= 11 is 12.3. The number of ether oxygens (including phenoxy) is 1. The third-order valence-electron chi connectivity index (χ3n) is 4.92. The quantitative estimate of drug-likeness (QED) is 0.456. The molecule has 0 aliphatic heterocycles. The number of aromatic nitrogens is 4. The number of carbonyl (C=O) groups is 1. The van der Waals surface area contributed by atoms with Crippen LogP contribution in [0.4, 0.5) is 4.79 Å². The molecule has 1 N–H and O–H groups in total. The van der Waals surface area contributed by atoms with Crippen LogP contribution in [0.15, 0.2) is 36.7 Å². The van der Waals surface area contributed by atoms with Crippen molar-refractivity contribution in [3.63, 3.8) is 0 Å². The lowest BCUT2D eigenvalue weighted by atomic mass is 10.1. The molecule has 32 heavy (non-hydrogen) atoms. The Balaban J connectivity index is 1.99. The second kappa shape index (κ2) is 9.83. The van der Waals surface area contributed by atoms with Crippen molar-refractivity contribution in [2.75, 3.05) is 6.54 Å². The van der Waals surface area contributed by atoms with Crippen LogP contribution in [0.3, 0.4) is 0 Å². The molecule has 0 radical (unpaired) electrons. The minimum absolute atomic E-state index is 0.276. The molecule has 10 heteroatoms. The lowest BCUT2D eigenvalue weighted by molar-refractivity contribution is 0.0968. The topological polar surface area (TPSA) is 85.4 Å². The zero-order chi connectivity index (χ0) is 23.5. The van der Waals surface area contributed by atoms with E-state index < -0.39 is 11.6 Å². The molecule has 0 fully saturated rings. The molecule has 2 aromatic heterocycles. The SMILES string of the molecule is CCc1nn(CCN(C(=O)O)C(C)(C)C)c(Cn2cccn2)c1Oc1cc(Cl)cc(Cl)c1. The third-order valence-corrected chi connectivity index (χ3v) is 5.35. The Hall–Kier alpha value is -2.71. The van der Waals surface area contributed by atoms with Crippen molar-refractivity contribution in [1.82, 2.24) is 24.5 Å². The highest BCUT2D eigenvalue weighted by Gasteiger charge is 2.27. The number of rotatable bonds is 8. The molecule has 0 aliphatic carbocycles. The molecule has 1 amide bonds. The molecule has 0 unspecified atom stereocenters. The van der Waals surface area contributed by atoms with Gasteiger partial charge in [0.05, 0.1) is 13.1 Å². The summed E-state index contributed by atoms with van der Waals surface area (Å²) in [6.07, 6.45) is 3.20. The first kappa shape index (κ1) is 23.9. The first-order valence-electron chi connectivity index (χ1n) is 10.3. The standard InChI is InChI=1S/C22H27Cl2N5O3/c1-5-18-20(32-17-12-15(23)11-16(24)13-17)19(14-27-8-6-7-25-27)29(26-18)10-9-28(21(30)31)22(2,3)4/h6-8,11-13H,5,9-10,14H2,1-4H3,(H,30,31). The van der Waals surface area contributed by atoms with Crippen molar-refractivity contribution in [3.8, 4) is 11.5 Å². The molecular weight excluding hydrogens is 453 g/mol. The van der Waals surface area contributed by atoms with Gasteiger partial charge in [0, 0.05) is 34.5 Å².